The number of rotatable bonds is 6. The van der Waals surface area contributed by atoms with Gasteiger partial charge in [-0.2, -0.15) is 0 Å². The van der Waals surface area contributed by atoms with E-state index in [1.54, 1.807) is 13.3 Å². The highest BCUT2D eigenvalue weighted by atomic mass is 32.2. The first-order valence-electron chi connectivity index (χ1n) is 8.99. The van der Waals surface area contributed by atoms with Crippen LogP contribution in [0.3, 0.4) is 0 Å². The van der Waals surface area contributed by atoms with Crippen LogP contribution in [-0.2, 0) is 4.74 Å². The molecule has 29 heavy (non-hydrogen) atoms. The summed E-state index contributed by atoms with van der Waals surface area (Å²) in [7, 11) is 1.63. The molecule has 0 N–H and O–H groups in total. The number of carbonyl (C=O) groups excluding carboxylic acids is 1. The van der Waals surface area contributed by atoms with Crippen molar-refractivity contribution in [2.75, 3.05) is 7.11 Å². The van der Waals surface area contributed by atoms with Crippen molar-refractivity contribution in [1.82, 2.24) is 9.97 Å². The first-order valence-corrected chi connectivity index (χ1v) is 10.6. The fourth-order valence-electron chi connectivity index (χ4n) is 2.33. The number of aromatic nitrogens is 2. The molecule has 0 saturated heterocycles. The van der Waals surface area contributed by atoms with E-state index in [4.69, 9.17) is 9.47 Å². The van der Waals surface area contributed by atoms with E-state index in [1.165, 1.54) is 23.5 Å². The molecule has 2 aromatic heterocycles. The topological polar surface area (TPSA) is 61.3 Å². The number of pyridine rings is 2. The van der Waals surface area contributed by atoms with Crippen LogP contribution in [0.2, 0.25) is 0 Å². The lowest BCUT2D eigenvalue weighted by atomic mass is 10.2. The van der Waals surface area contributed by atoms with Gasteiger partial charge in [-0.05, 0) is 69.3 Å². The van der Waals surface area contributed by atoms with Crippen LogP contribution in [0, 0.1) is 0 Å². The molecule has 0 saturated carbocycles. The van der Waals surface area contributed by atoms with Crippen LogP contribution in [0.4, 0.5) is 0 Å². The molecule has 0 fully saturated rings. The summed E-state index contributed by atoms with van der Waals surface area (Å²) >= 11 is 2.86. The van der Waals surface area contributed by atoms with E-state index in [0.29, 0.717) is 10.7 Å². The molecular weight excluding hydrogens is 404 g/mol. The summed E-state index contributed by atoms with van der Waals surface area (Å²) in [4.78, 5) is 23.4. The van der Waals surface area contributed by atoms with E-state index in [-0.39, 0.29) is 0 Å². The molecule has 3 aromatic rings. The van der Waals surface area contributed by atoms with Gasteiger partial charge in [0.25, 0.3) is 0 Å². The van der Waals surface area contributed by atoms with Gasteiger partial charge >= 0.3 is 5.97 Å². The van der Waals surface area contributed by atoms with Crippen molar-refractivity contribution < 1.29 is 14.3 Å². The molecule has 0 aliphatic heterocycles. The van der Waals surface area contributed by atoms with E-state index < -0.39 is 11.6 Å². The van der Waals surface area contributed by atoms with Crippen molar-refractivity contribution in [2.45, 2.75) is 46.2 Å². The van der Waals surface area contributed by atoms with Crippen LogP contribution in [0.1, 0.15) is 31.3 Å². The van der Waals surface area contributed by atoms with Crippen LogP contribution < -0.4 is 4.74 Å². The third kappa shape index (κ3) is 6.24. The van der Waals surface area contributed by atoms with Gasteiger partial charge in [0, 0.05) is 16.0 Å². The number of hydrogen-bond acceptors (Lipinski definition) is 7. The average molecular weight is 427 g/mol. The first-order chi connectivity index (χ1) is 13.8. The largest absolute Gasteiger partial charge is 0.497 e. The Kier molecular flexibility index (Phi) is 6.82. The van der Waals surface area contributed by atoms with E-state index in [2.05, 4.69) is 9.97 Å². The Bertz CT molecular complexity index is 972. The maximum absolute atomic E-state index is 12.8. The maximum atomic E-state index is 12.8. The normalized spacial score (nSPS) is 11.2. The third-order valence-electron chi connectivity index (χ3n) is 3.56. The Hall–Kier alpha value is -2.51. The number of esters is 1. The van der Waals surface area contributed by atoms with Crippen LogP contribution in [-0.4, -0.2) is 28.6 Å². The van der Waals surface area contributed by atoms with Gasteiger partial charge in [0.1, 0.15) is 21.4 Å². The van der Waals surface area contributed by atoms with Gasteiger partial charge < -0.3 is 9.47 Å². The minimum atomic E-state index is -0.606. The number of benzene rings is 1. The van der Waals surface area contributed by atoms with Crippen molar-refractivity contribution in [3.8, 4) is 5.75 Å². The molecule has 150 valence electrons. The van der Waals surface area contributed by atoms with Gasteiger partial charge in [-0.25, -0.2) is 14.8 Å². The average Bonchev–Trinajstić information content (AvgIpc) is 2.69. The van der Waals surface area contributed by atoms with Crippen molar-refractivity contribution >= 4 is 29.5 Å². The van der Waals surface area contributed by atoms with Gasteiger partial charge in [0.05, 0.1) is 7.11 Å². The molecule has 0 aliphatic rings. The highest BCUT2D eigenvalue weighted by Gasteiger charge is 2.23. The van der Waals surface area contributed by atoms with E-state index in [1.807, 2.05) is 75.4 Å². The second kappa shape index (κ2) is 9.33. The molecule has 0 radical (unpaired) electrons. The smallest absolute Gasteiger partial charge is 0.358 e. The Balaban J connectivity index is 1.91. The number of methoxy groups -OCH3 is 1. The monoisotopic (exact) mass is 426 g/mol. The van der Waals surface area contributed by atoms with Gasteiger partial charge in [-0.15, -0.1) is 0 Å². The SMILES string of the molecule is COc1ccc(Sc2ccc(Sc3ccccn3)nc2C(=O)OC(C)(C)C)cc1. The molecule has 0 atom stereocenters. The fraction of sp³-hybridized carbons (Fsp3) is 0.227. The molecule has 0 unspecified atom stereocenters. The zero-order valence-electron chi connectivity index (χ0n) is 16.7. The van der Waals surface area contributed by atoms with Gasteiger partial charge in [-0.3, -0.25) is 0 Å². The maximum Gasteiger partial charge on any atom is 0.358 e. The standard InChI is InChI=1S/C22H22N2O3S2/c1-22(2,3)27-21(25)20-17(28-16-10-8-15(26-4)9-11-16)12-13-19(24-20)29-18-7-5-6-14-23-18/h5-14H,1-4H3. The van der Waals surface area contributed by atoms with Crippen molar-refractivity contribution in [3.63, 3.8) is 0 Å². The van der Waals surface area contributed by atoms with Crippen LogP contribution in [0.25, 0.3) is 0 Å². The molecular formula is C22H22N2O3S2. The minimum absolute atomic E-state index is 0.293. The molecule has 3 rings (SSSR count). The zero-order chi connectivity index (χ0) is 20.9. The summed E-state index contributed by atoms with van der Waals surface area (Å²) < 4.78 is 10.8. The minimum Gasteiger partial charge on any atom is -0.497 e. The van der Waals surface area contributed by atoms with Crippen molar-refractivity contribution in [3.05, 3.63) is 66.5 Å². The summed E-state index contributed by atoms with van der Waals surface area (Å²) in [6.07, 6.45) is 1.73. The summed E-state index contributed by atoms with van der Waals surface area (Å²) in [5.41, 5.74) is -0.313. The number of carbonyl (C=O) groups is 1. The summed E-state index contributed by atoms with van der Waals surface area (Å²) in [6, 6.07) is 17.1. The fourth-order valence-corrected chi connectivity index (χ4v) is 3.96. The van der Waals surface area contributed by atoms with E-state index >= 15 is 0 Å². The van der Waals surface area contributed by atoms with Crippen molar-refractivity contribution in [2.24, 2.45) is 0 Å². The summed E-state index contributed by atoms with van der Waals surface area (Å²) in [6.45, 7) is 5.52. The zero-order valence-corrected chi connectivity index (χ0v) is 18.3. The quantitative estimate of drug-likeness (QED) is 0.466. The Labute approximate surface area is 179 Å². The van der Waals surface area contributed by atoms with Crippen molar-refractivity contribution in [1.29, 1.82) is 0 Å². The van der Waals surface area contributed by atoms with Crippen LogP contribution >= 0.6 is 23.5 Å². The van der Waals surface area contributed by atoms with Gasteiger partial charge in [-0.1, -0.05) is 29.6 Å². The number of hydrogen-bond donors (Lipinski definition) is 0. The second-order valence-electron chi connectivity index (χ2n) is 7.05. The molecule has 1 aromatic carbocycles. The molecule has 0 bridgehead atoms. The Morgan fingerprint density at radius 2 is 1.69 bits per heavy atom. The molecule has 0 amide bonds. The highest BCUT2D eigenvalue weighted by molar-refractivity contribution is 7.99. The van der Waals surface area contributed by atoms with Gasteiger partial charge in [0.2, 0.25) is 0 Å². The molecule has 0 aliphatic carbocycles. The van der Waals surface area contributed by atoms with Crippen LogP contribution in [0.15, 0.2) is 80.6 Å². The molecule has 5 nitrogen and oxygen atoms in total. The number of nitrogens with zero attached hydrogens (tertiary/aromatic N) is 2. The molecule has 0 spiro atoms. The molecule has 2 heterocycles. The lowest BCUT2D eigenvalue weighted by Crippen LogP contribution is -2.25. The Morgan fingerprint density at radius 1 is 0.931 bits per heavy atom. The summed E-state index contributed by atoms with van der Waals surface area (Å²) in [5.74, 6) is 0.332. The first kappa shape index (κ1) is 21.2. The lowest BCUT2D eigenvalue weighted by molar-refractivity contribution is 0.00576. The lowest BCUT2D eigenvalue weighted by Gasteiger charge is -2.20. The Morgan fingerprint density at radius 3 is 2.31 bits per heavy atom. The van der Waals surface area contributed by atoms with E-state index in [9.17, 15) is 4.79 Å². The third-order valence-corrected chi connectivity index (χ3v) is 5.50. The van der Waals surface area contributed by atoms with Gasteiger partial charge in [0.15, 0.2) is 5.69 Å². The summed E-state index contributed by atoms with van der Waals surface area (Å²) in [5, 5.41) is 1.49. The van der Waals surface area contributed by atoms with E-state index in [0.717, 1.165) is 20.6 Å². The van der Waals surface area contributed by atoms with Crippen LogP contribution in [0.5, 0.6) is 5.75 Å². The predicted octanol–water partition coefficient (Wildman–Crippen LogP) is 5.74. The predicted molar refractivity (Wildman–Crippen MR) is 115 cm³/mol. The number of ether oxygens (including phenoxy) is 2. The second-order valence-corrected chi connectivity index (χ2v) is 9.20. The highest BCUT2D eigenvalue weighted by Crippen LogP contribution is 2.34. The molecule has 7 heteroatoms.